The highest BCUT2D eigenvalue weighted by molar-refractivity contribution is 6.02. The number of hydrogen-bond acceptors (Lipinski definition) is 5. The fourth-order valence-electron chi connectivity index (χ4n) is 4.50. The zero-order valence-corrected chi connectivity index (χ0v) is 18.9. The Hall–Kier alpha value is -2.45. The molecule has 0 saturated carbocycles. The minimum Gasteiger partial charge on any atom is -0.385 e. The lowest BCUT2D eigenvalue weighted by molar-refractivity contribution is -0.130. The average molecular weight is 460 g/mol. The van der Waals surface area contributed by atoms with Crippen molar-refractivity contribution in [3.8, 4) is 0 Å². The zero-order chi connectivity index (χ0) is 22.2. The number of β-amino-alcohol motifs (C(OH)–C–C–N with tert-alkyl or cyclic N) is 1. The lowest BCUT2D eigenvalue weighted by Crippen LogP contribution is -2.39. The lowest BCUT2D eigenvalue weighted by Gasteiger charge is -2.32. The molecule has 4 rings (SSSR count). The number of rotatable bonds is 4. The molecule has 0 bridgehead atoms. The van der Waals surface area contributed by atoms with Crippen LogP contribution in [-0.2, 0) is 11.3 Å². The minimum absolute atomic E-state index is 0. The van der Waals surface area contributed by atoms with E-state index in [9.17, 15) is 19.8 Å². The molecular weight excluding hydrogens is 430 g/mol. The number of halogens is 1. The summed E-state index contributed by atoms with van der Waals surface area (Å²) in [5.41, 5.74) is 7.63. The molecule has 0 aliphatic carbocycles. The van der Waals surface area contributed by atoms with Gasteiger partial charge in [-0.15, -0.1) is 12.4 Å². The van der Waals surface area contributed by atoms with E-state index < -0.39 is 17.6 Å². The molecule has 4 N–H and O–H groups in total. The molecule has 32 heavy (non-hydrogen) atoms. The maximum absolute atomic E-state index is 13.1. The fraction of sp³-hybridized carbons (Fsp3) is 0.417. The first-order valence-electron chi connectivity index (χ1n) is 10.7. The molecule has 172 valence electrons. The van der Waals surface area contributed by atoms with Crippen molar-refractivity contribution in [2.24, 2.45) is 5.73 Å². The van der Waals surface area contributed by atoms with Crippen LogP contribution in [0.3, 0.4) is 0 Å². The van der Waals surface area contributed by atoms with Crippen molar-refractivity contribution in [2.45, 2.75) is 43.9 Å². The maximum Gasteiger partial charge on any atom is 0.258 e. The van der Waals surface area contributed by atoms with Crippen LogP contribution in [0, 0.1) is 0 Å². The Morgan fingerprint density at radius 2 is 1.84 bits per heavy atom. The molecule has 7 nitrogen and oxygen atoms in total. The van der Waals surface area contributed by atoms with Crippen LogP contribution in [0.4, 0.5) is 5.69 Å². The van der Waals surface area contributed by atoms with Gasteiger partial charge in [-0.2, -0.15) is 0 Å². The number of aliphatic hydroxyl groups excluding tert-OH is 1. The van der Waals surface area contributed by atoms with Gasteiger partial charge in [0, 0.05) is 30.9 Å². The molecule has 0 spiro atoms. The van der Waals surface area contributed by atoms with Crippen LogP contribution in [0.1, 0.15) is 47.2 Å². The van der Waals surface area contributed by atoms with Crippen molar-refractivity contribution in [1.82, 2.24) is 4.90 Å². The molecule has 2 aliphatic rings. The van der Waals surface area contributed by atoms with Crippen LogP contribution in [0.25, 0.3) is 0 Å². The third-order valence-electron chi connectivity index (χ3n) is 6.41. The van der Waals surface area contributed by atoms with Gasteiger partial charge in [-0.1, -0.05) is 30.3 Å². The van der Waals surface area contributed by atoms with Gasteiger partial charge in [0.25, 0.3) is 11.8 Å². The summed E-state index contributed by atoms with van der Waals surface area (Å²) in [6.45, 7) is 3.26. The van der Waals surface area contributed by atoms with Gasteiger partial charge in [0.1, 0.15) is 5.60 Å². The number of piperidine rings is 1. The van der Waals surface area contributed by atoms with E-state index in [1.807, 2.05) is 17.0 Å². The van der Waals surface area contributed by atoms with Gasteiger partial charge in [-0.3, -0.25) is 9.59 Å². The van der Waals surface area contributed by atoms with Crippen LogP contribution >= 0.6 is 12.4 Å². The summed E-state index contributed by atoms with van der Waals surface area (Å²) >= 11 is 0. The maximum atomic E-state index is 13.1. The molecule has 2 atom stereocenters. The number of nitrogens with zero attached hydrogens (tertiary/aromatic N) is 2. The molecule has 0 radical (unpaired) electrons. The van der Waals surface area contributed by atoms with Crippen LogP contribution in [0.2, 0.25) is 0 Å². The molecule has 2 aliphatic heterocycles. The number of carbonyl (C=O) groups excluding carboxylic acids is 2. The SMILES string of the molecule is C[C@]1(O)CN(c2cccc(C(=O)N3CCC(c4cccc(CN)c4)CC3)c2)C(=O)[C@H]1O.Cl. The molecule has 8 heteroatoms. The summed E-state index contributed by atoms with van der Waals surface area (Å²) < 4.78 is 0. The summed E-state index contributed by atoms with van der Waals surface area (Å²) in [4.78, 5) is 28.6. The lowest BCUT2D eigenvalue weighted by atomic mass is 9.88. The second kappa shape index (κ2) is 9.58. The highest BCUT2D eigenvalue weighted by Crippen LogP contribution is 2.31. The van der Waals surface area contributed by atoms with Crippen LogP contribution in [0.15, 0.2) is 48.5 Å². The number of carbonyl (C=O) groups is 2. The second-order valence-electron chi connectivity index (χ2n) is 8.75. The van der Waals surface area contributed by atoms with E-state index in [1.165, 1.54) is 17.4 Å². The van der Waals surface area contributed by atoms with Crippen molar-refractivity contribution in [1.29, 1.82) is 0 Å². The second-order valence-corrected chi connectivity index (χ2v) is 8.75. The van der Waals surface area contributed by atoms with Crippen molar-refractivity contribution < 1.29 is 19.8 Å². The first kappa shape index (κ1) is 24.2. The highest BCUT2D eigenvalue weighted by Gasteiger charge is 2.47. The highest BCUT2D eigenvalue weighted by atomic mass is 35.5. The minimum atomic E-state index is -1.51. The van der Waals surface area contributed by atoms with Gasteiger partial charge in [-0.25, -0.2) is 0 Å². The van der Waals surface area contributed by atoms with E-state index in [4.69, 9.17) is 5.73 Å². The number of likely N-dealkylation sites (tertiary alicyclic amines) is 1. The third-order valence-corrected chi connectivity index (χ3v) is 6.41. The molecule has 2 saturated heterocycles. The monoisotopic (exact) mass is 459 g/mol. The Kier molecular flexibility index (Phi) is 7.25. The number of aliphatic hydroxyl groups is 2. The molecule has 0 unspecified atom stereocenters. The van der Waals surface area contributed by atoms with E-state index in [1.54, 1.807) is 24.3 Å². The molecule has 2 aromatic carbocycles. The van der Waals surface area contributed by atoms with E-state index >= 15 is 0 Å². The Labute approximate surface area is 194 Å². The Morgan fingerprint density at radius 1 is 1.16 bits per heavy atom. The summed E-state index contributed by atoms with van der Waals surface area (Å²) in [6, 6.07) is 15.2. The van der Waals surface area contributed by atoms with Gasteiger partial charge in [0.2, 0.25) is 0 Å². The summed E-state index contributed by atoms with van der Waals surface area (Å²) in [5.74, 6) is -0.224. The average Bonchev–Trinajstić information content (AvgIpc) is 3.01. The summed E-state index contributed by atoms with van der Waals surface area (Å²) in [5, 5.41) is 20.2. The summed E-state index contributed by atoms with van der Waals surface area (Å²) in [6.07, 6.45) is 0.307. The number of anilines is 1. The number of amides is 2. The van der Waals surface area contributed by atoms with E-state index in [2.05, 4.69) is 12.1 Å². The van der Waals surface area contributed by atoms with E-state index in [-0.39, 0.29) is 24.9 Å². The predicted octanol–water partition coefficient (Wildman–Crippen LogP) is 2.05. The molecular formula is C24H30ClN3O4. The van der Waals surface area contributed by atoms with Gasteiger partial charge in [0.05, 0.1) is 6.54 Å². The van der Waals surface area contributed by atoms with Gasteiger partial charge in [0.15, 0.2) is 6.10 Å². The quantitative estimate of drug-likeness (QED) is 0.648. The topological polar surface area (TPSA) is 107 Å². The van der Waals surface area contributed by atoms with Crippen LogP contribution < -0.4 is 10.6 Å². The Balaban J connectivity index is 0.00000289. The van der Waals surface area contributed by atoms with Crippen LogP contribution in [0.5, 0.6) is 0 Å². The molecule has 0 aromatic heterocycles. The number of hydrogen-bond donors (Lipinski definition) is 3. The van der Waals surface area contributed by atoms with Crippen molar-refractivity contribution >= 4 is 29.9 Å². The fourth-order valence-corrected chi connectivity index (χ4v) is 4.50. The molecule has 2 aromatic rings. The molecule has 2 fully saturated rings. The first-order chi connectivity index (χ1) is 14.8. The summed E-state index contributed by atoms with van der Waals surface area (Å²) in [7, 11) is 0. The number of nitrogens with two attached hydrogens (primary N) is 1. The van der Waals surface area contributed by atoms with E-state index in [0.717, 1.165) is 18.4 Å². The Bertz CT molecular complexity index is 989. The number of benzene rings is 2. The van der Waals surface area contributed by atoms with Crippen LogP contribution in [-0.4, -0.2) is 58.3 Å². The van der Waals surface area contributed by atoms with Crippen molar-refractivity contribution in [3.05, 3.63) is 65.2 Å². The van der Waals surface area contributed by atoms with Gasteiger partial charge >= 0.3 is 0 Å². The first-order valence-corrected chi connectivity index (χ1v) is 10.7. The third kappa shape index (κ3) is 4.66. The zero-order valence-electron chi connectivity index (χ0n) is 18.1. The largest absolute Gasteiger partial charge is 0.385 e. The van der Waals surface area contributed by atoms with Gasteiger partial charge in [-0.05, 0) is 55.0 Å². The van der Waals surface area contributed by atoms with Crippen molar-refractivity contribution in [3.63, 3.8) is 0 Å². The molecule has 2 amide bonds. The van der Waals surface area contributed by atoms with E-state index in [0.29, 0.717) is 36.8 Å². The smallest absolute Gasteiger partial charge is 0.258 e. The predicted molar refractivity (Wildman–Crippen MR) is 125 cm³/mol. The van der Waals surface area contributed by atoms with Gasteiger partial charge < -0.3 is 25.7 Å². The normalized spacial score (nSPS) is 23.9. The van der Waals surface area contributed by atoms with Crippen molar-refractivity contribution in [2.75, 3.05) is 24.5 Å². The standard InChI is InChI=1S/C24H29N3O4.ClH/c1-24(31)15-27(23(30)21(24)28)20-7-3-6-19(13-20)22(29)26-10-8-17(9-11-26)18-5-2-4-16(12-18)14-25;/h2-7,12-13,17,21,28,31H,8-11,14-15,25H2,1H3;1H/t21-,24+;/m1./s1. The molecule has 2 heterocycles. The Morgan fingerprint density at radius 3 is 2.47 bits per heavy atom.